The van der Waals surface area contributed by atoms with E-state index < -0.39 is 11.6 Å². The van der Waals surface area contributed by atoms with Gasteiger partial charge in [0.1, 0.15) is 28.4 Å². The number of ether oxygens (including phenoxy) is 3. The summed E-state index contributed by atoms with van der Waals surface area (Å²) in [5, 5.41) is 10.5. The number of hydrogen-bond acceptors (Lipinski definition) is 6. The molecule has 0 aliphatic carbocycles. The Kier molecular flexibility index (Phi) is 9.49. The minimum atomic E-state index is -0.501. The van der Waals surface area contributed by atoms with Crippen LogP contribution in [0.15, 0.2) is 23.2 Å². The zero-order valence-corrected chi connectivity index (χ0v) is 22.8. The molecule has 9 heteroatoms. The fourth-order valence-corrected chi connectivity index (χ4v) is 4.70. The average Bonchev–Trinajstić information content (AvgIpc) is 2.82. The number of rotatable bonds is 8. The van der Waals surface area contributed by atoms with Gasteiger partial charge in [0.15, 0.2) is 5.96 Å². The van der Waals surface area contributed by atoms with Crippen molar-refractivity contribution in [1.29, 1.82) is 0 Å². The summed E-state index contributed by atoms with van der Waals surface area (Å²) in [7, 11) is 0. The van der Waals surface area contributed by atoms with E-state index in [1.807, 2.05) is 20.8 Å². The summed E-state index contributed by atoms with van der Waals surface area (Å²) in [6, 6.07) is 4.93. The first-order valence-electron chi connectivity index (χ1n) is 12.1. The molecule has 0 saturated carbocycles. The molecule has 1 aliphatic rings. The van der Waals surface area contributed by atoms with Gasteiger partial charge in [0.2, 0.25) is 0 Å². The van der Waals surface area contributed by atoms with Crippen LogP contribution in [-0.2, 0) is 11.2 Å². The molecule has 0 amide bonds. The lowest BCUT2D eigenvalue weighted by Crippen LogP contribution is -2.46. The van der Waals surface area contributed by atoms with Gasteiger partial charge in [0.05, 0.1) is 18.9 Å². The maximum absolute atomic E-state index is 12.6. The summed E-state index contributed by atoms with van der Waals surface area (Å²) in [5.74, 6) is 1.06. The van der Waals surface area contributed by atoms with Gasteiger partial charge in [-0.2, -0.15) is 0 Å². The molecule has 198 valence electrons. The molecule has 0 bridgehead atoms. The Bertz CT molecular complexity index is 1150. The van der Waals surface area contributed by atoms with Gasteiger partial charge < -0.3 is 30.8 Å². The predicted molar refractivity (Wildman–Crippen MR) is 144 cm³/mol. The minimum absolute atomic E-state index is 0. The van der Waals surface area contributed by atoms with E-state index in [1.165, 1.54) is 0 Å². The number of carbonyl (C=O) groups excluding carboxylic acids is 1. The number of benzene rings is 2. The second kappa shape index (κ2) is 11.7. The van der Waals surface area contributed by atoms with Crippen LogP contribution in [0.2, 0.25) is 0 Å². The number of carbonyl (C=O) groups is 1. The first-order valence-corrected chi connectivity index (χ1v) is 12.1. The highest BCUT2D eigenvalue weighted by molar-refractivity contribution is 5.94. The van der Waals surface area contributed by atoms with Gasteiger partial charge in [-0.3, -0.25) is 0 Å². The minimum Gasteiger partial charge on any atom is -0.507 e. The smallest absolute Gasteiger partial charge is 0.341 e. The van der Waals surface area contributed by atoms with Gasteiger partial charge in [0, 0.05) is 11.5 Å². The molecule has 0 spiro atoms. The molecule has 5 N–H and O–H groups in total. The van der Waals surface area contributed by atoms with Crippen molar-refractivity contribution in [2.24, 2.45) is 22.4 Å². The third-order valence-corrected chi connectivity index (χ3v) is 7.06. The van der Waals surface area contributed by atoms with E-state index in [9.17, 15) is 9.90 Å². The number of aromatic hydroxyl groups is 1. The van der Waals surface area contributed by atoms with Crippen LogP contribution >= 0.6 is 12.4 Å². The monoisotopic (exact) mass is 519 g/mol. The van der Waals surface area contributed by atoms with Crippen LogP contribution in [0, 0.1) is 26.7 Å². The van der Waals surface area contributed by atoms with Crippen molar-refractivity contribution < 1.29 is 24.1 Å². The van der Waals surface area contributed by atoms with Gasteiger partial charge in [0.25, 0.3) is 0 Å². The Morgan fingerprint density at radius 2 is 1.89 bits per heavy atom. The maximum Gasteiger partial charge on any atom is 0.341 e. The van der Waals surface area contributed by atoms with Crippen LogP contribution in [-0.4, -0.2) is 35.9 Å². The first kappa shape index (κ1) is 29.1. The van der Waals surface area contributed by atoms with E-state index in [4.69, 9.17) is 25.7 Å². The topological polar surface area (TPSA) is 129 Å². The number of esters is 1. The summed E-state index contributed by atoms with van der Waals surface area (Å²) in [6.45, 7) is 12.4. The molecule has 2 aromatic rings. The Morgan fingerprint density at radius 1 is 1.19 bits per heavy atom. The highest BCUT2D eigenvalue weighted by Crippen LogP contribution is 2.45. The molecule has 0 radical (unpaired) electrons. The fourth-order valence-electron chi connectivity index (χ4n) is 4.70. The molecule has 0 fully saturated rings. The van der Waals surface area contributed by atoms with Crippen LogP contribution in [0.1, 0.15) is 66.2 Å². The Hall–Kier alpha value is -3.13. The highest BCUT2D eigenvalue weighted by atomic mass is 35.5. The summed E-state index contributed by atoms with van der Waals surface area (Å²) in [4.78, 5) is 16.6. The number of halogens is 1. The van der Waals surface area contributed by atoms with E-state index in [-0.39, 0.29) is 36.5 Å². The van der Waals surface area contributed by atoms with Crippen molar-refractivity contribution in [3.05, 3.63) is 46.0 Å². The van der Waals surface area contributed by atoms with Crippen LogP contribution < -0.4 is 20.9 Å². The third-order valence-electron chi connectivity index (χ3n) is 7.06. The van der Waals surface area contributed by atoms with Crippen molar-refractivity contribution in [3.63, 3.8) is 0 Å². The molecule has 0 aromatic heterocycles. The zero-order valence-electron chi connectivity index (χ0n) is 21.9. The Labute approximate surface area is 219 Å². The average molecular weight is 520 g/mol. The number of hydrogen-bond donors (Lipinski definition) is 3. The van der Waals surface area contributed by atoms with Crippen molar-refractivity contribution in [2.45, 2.75) is 66.4 Å². The molecule has 8 nitrogen and oxygen atoms in total. The maximum atomic E-state index is 12.6. The molecule has 3 rings (SSSR count). The summed E-state index contributed by atoms with van der Waals surface area (Å²) in [5.41, 5.74) is 15.0. The third kappa shape index (κ3) is 5.81. The first-order chi connectivity index (χ1) is 16.5. The molecule has 36 heavy (non-hydrogen) atoms. The molecular weight excluding hydrogens is 482 g/mol. The van der Waals surface area contributed by atoms with Gasteiger partial charge in [-0.1, -0.05) is 6.92 Å². The van der Waals surface area contributed by atoms with Crippen LogP contribution in [0.4, 0.5) is 5.69 Å². The van der Waals surface area contributed by atoms with Gasteiger partial charge >= 0.3 is 5.97 Å². The quantitative estimate of drug-likeness (QED) is 0.254. The number of fused-ring (bicyclic) bond motifs is 1. The van der Waals surface area contributed by atoms with E-state index in [0.29, 0.717) is 23.8 Å². The van der Waals surface area contributed by atoms with Crippen LogP contribution in [0.5, 0.6) is 17.2 Å². The van der Waals surface area contributed by atoms with E-state index >= 15 is 0 Å². The SMILES string of the molecule is CCOC(=O)c1cc(N=C(N)N)ccc1OCC(CC)C1(C)CCc2c(C)c(O)c(C)c(C)c2O1.Cl. The second-order valence-corrected chi connectivity index (χ2v) is 9.30. The summed E-state index contributed by atoms with van der Waals surface area (Å²) < 4.78 is 18.1. The molecule has 2 unspecified atom stereocenters. The van der Waals surface area contributed by atoms with Crippen molar-refractivity contribution in [3.8, 4) is 17.2 Å². The Balaban J connectivity index is 0.00000456. The predicted octanol–water partition coefficient (Wildman–Crippen LogP) is 5.01. The second-order valence-electron chi connectivity index (χ2n) is 9.30. The number of phenolic OH excluding ortho intramolecular Hbond substituents is 1. The van der Waals surface area contributed by atoms with E-state index in [2.05, 4.69) is 18.8 Å². The van der Waals surface area contributed by atoms with E-state index in [0.717, 1.165) is 47.3 Å². The van der Waals surface area contributed by atoms with Crippen LogP contribution in [0.3, 0.4) is 0 Å². The summed E-state index contributed by atoms with van der Waals surface area (Å²) in [6.07, 6.45) is 2.42. The summed E-state index contributed by atoms with van der Waals surface area (Å²) >= 11 is 0. The van der Waals surface area contributed by atoms with Gasteiger partial charge in [-0.25, -0.2) is 9.79 Å². The van der Waals surface area contributed by atoms with E-state index in [1.54, 1.807) is 25.1 Å². The lowest BCUT2D eigenvalue weighted by Gasteiger charge is -2.42. The lowest BCUT2D eigenvalue weighted by atomic mass is 9.79. The number of nitrogens with two attached hydrogens (primary N) is 2. The van der Waals surface area contributed by atoms with Crippen LogP contribution in [0.25, 0.3) is 0 Å². The zero-order chi connectivity index (χ0) is 25.9. The molecule has 1 aliphatic heterocycles. The highest BCUT2D eigenvalue weighted by Gasteiger charge is 2.40. The van der Waals surface area contributed by atoms with Crippen molar-refractivity contribution in [1.82, 2.24) is 0 Å². The number of guanidine groups is 1. The normalized spacial score (nSPS) is 17.2. The molecule has 1 heterocycles. The lowest BCUT2D eigenvalue weighted by molar-refractivity contribution is -0.0156. The number of aliphatic imine (C=N–C) groups is 1. The number of phenols is 1. The molecule has 0 saturated heterocycles. The van der Waals surface area contributed by atoms with Crippen molar-refractivity contribution in [2.75, 3.05) is 13.2 Å². The van der Waals surface area contributed by atoms with Gasteiger partial charge in [-0.05, 0) is 88.8 Å². The molecule has 2 atom stereocenters. The fraction of sp³-hybridized carbons (Fsp3) is 0.481. The molecule has 2 aromatic carbocycles. The van der Waals surface area contributed by atoms with Gasteiger partial charge in [-0.15, -0.1) is 12.4 Å². The molecular formula is C27H38ClN3O5. The Morgan fingerprint density at radius 3 is 2.50 bits per heavy atom. The van der Waals surface area contributed by atoms with Crippen molar-refractivity contribution >= 4 is 30.0 Å². The standard InChI is InChI=1S/C27H37N3O5.ClH/c1-7-18(27(6)12-11-20-17(5)23(31)15(3)16(4)24(20)35-27)14-34-22-10-9-19(30-26(28)29)13-21(22)25(32)33-8-2;/h9-10,13,18,31H,7-8,11-12,14H2,1-6H3,(H4,28,29,30);1H. The largest absolute Gasteiger partial charge is 0.507 e. The number of nitrogens with zero attached hydrogens (tertiary/aromatic N) is 1.